The van der Waals surface area contributed by atoms with Gasteiger partial charge in [0, 0.05) is 18.3 Å². The van der Waals surface area contributed by atoms with E-state index in [0.717, 1.165) is 0 Å². The minimum atomic E-state index is -0.376. The van der Waals surface area contributed by atoms with Crippen molar-refractivity contribution in [3.05, 3.63) is 53.6 Å². The number of amides is 2. The van der Waals surface area contributed by atoms with Crippen LogP contribution < -0.4 is 21.1 Å². The molecule has 0 aliphatic heterocycles. The molecule has 21 heavy (non-hydrogen) atoms. The number of anilines is 2. The third kappa shape index (κ3) is 4.66. The van der Waals surface area contributed by atoms with Crippen LogP contribution in [0.2, 0.25) is 5.02 Å². The average Bonchev–Trinajstić information content (AvgIpc) is 2.48. The highest BCUT2D eigenvalue weighted by Gasteiger charge is 2.06. The fourth-order valence-electron chi connectivity index (χ4n) is 1.69. The van der Waals surface area contributed by atoms with Gasteiger partial charge in [-0.2, -0.15) is 0 Å². The first-order chi connectivity index (χ1) is 10.2. The number of urea groups is 1. The summed E-state index contributed by atoms with van der Waals surface area (Å²) in [6, 6.07) is 13.7. The van der Waals surface area contributed by atoms with Crippen LogP contribution in [0.5, 0.6) is 5.75 Å². The predicted octanol–water partition coefficient (Wildman–Crippen LogP) is 3.32. The molecule has 2 rings (SSSR count). The monoisotopic (exact) mass is 305 g/mol. The molecule has 0 aliphatic rings. The summed E-state index contributed by atoms with van der Waals surface area (Å²) < 4.78 is 5.40. The molecular weight excluding hydrogens is 290 g/mol. The molecule has 0 saturated heterocycles. The molecule has 0 atom stereocenters. The van der Waals surface area contributed by atoms with E-state index in [1.165, 1.54) is 0 Å². The van der Waals surface area contributed by atoms with E-state index in [0.29, 0.717) is 35.3 Å². The Labute approximate surface area is 128 Å². The molecule has 110 valence electrons. The molecule has 4 N–H and O–H groups in total. The Kier molecular flexibility index (Phi) is 5.43. The minimum absolute atomic E-state index is 0.376. The van der Waals surface area contributed by atoms with Gasteiger partial charge in [-0.05, 0) is 24.3 Å². The SMILES string of the molecule is NCCOc1cccc(NC(=O)Nc2ccccc2Cl)c1. The summed E-state index contributed by atoms with van der Waals surface area (Å²) in [5.74, 6) is 0.649. The lowest BCUT2D eigenvalue weighted by atomic mass is 10.3. The molecule has 0 spiro atoms. The minimum Gasteiger partial charge on any atom is -0.492 e. The number of para-hydroxylation sites is 1. The topological polar surface area (TPSA) is 76.4 Å². The van der Waals surface area contributed by atoms with Gasteiger partial charge in [-0.25, -0.2) is 4.79 Å². The zero-order chi connectivity index (χ0) is 15.1. The van der Waals surface area contributed by atoms with Crippen molar-refractivity contribution in [1.29, 1.82) is 0 Å². The van der Waals surface area contributed by atoms with E-state index in [4.69, 9.17) is 22.1 Å². The van der Waals surface area contributed by atoms with Crippen LogP contribution in [0.3, 0.4) is 0 Å². The van der Waals surface area contributed by atoms with E-state index in [1.54, 1.807) is 48.5 Å². The molecule has 0 aliphatic carbocycles. The first-order valence-electron chi connectivity index (χ1n) is 6.44. The van der Waals surface area contributed by atoms with E-state index >= 15 is 0 Å². The lowest BCUT2D eigenvalue weighted by Crippen LogP contribution is -2.19. The zero-order valence-electron chi connectivity index (χ0n) is 11.3. The summed E-state index contributed by atoms with van der Waals surface area (Å²) in [6.45, 7) is 0.861. The lowest BCUT2D eigenvalue weighted by Gasteiger charge is -2.10. The van der Waals surface area contributed by atoms with Gasteiger partial charge >= 0.3 is 6.03 Å². The number of carbonyl (C=O) groups excluding carboxylic acids is 1. The van der Waals surface area contributed by atoms with Gasteiger partial charge < -0.3 is 21.1 Å². The molecule has 0 aromatic heterocycles. The summed E-state index contributed by atoms with van der Waals surface area (Å²) in [6.07, 6.45) is 0. The molecule has 5 nitrogen and oxygen atoms in total. The number of hydrogen-bond acceptors (Lipinski definition) is 3. The molecule has 0 heterocycles. The fourth-order valence-corrected chi connectivity index (χ4v) is 1.87. The predicted molar refractivity (Wildman–Crippen MR) is 85.1 cm³/mol. The molecular formula is C15H16ClN3O2. The summed E-state index contributed by atoms with van der Waals surface area (Å²) in [5.41, 5.74) is 6.55. The van der Waals surface area contributed by atoms with E-state index in [2.05, 4.69) is 10.6 Å². The smallest absolute Gasteiger partial charge is 0.323 e. The Morgan fingerprint density at radius 1 is 1.14 bits per heavy atom. The Hall–Kier alpha value is -2.24. The van der Waals surface area contributed by atoms with Crippen LogP contribution in [0, 0.1) is 0 Å². The number of carbonyl (C=O) groups is 1. The molecule has 0 radical (unpaired) electrons. The maximum atomic E-state index is 11.9. The van der Waals surface area contributed by atoms with Crippen LogP contribution in [0.4, 0.5) is 16.2 Å². The highest BCUT2D eigenvalue weighted by molar-refractivity contribution is 6.33. The molecule has 6 heteroatoms. The number of nitrogens with one attached hydrogen (secondary N) is 2. The number of ether oxygens (including phenoxy) is 1. The zero-order valence-corrected chi connectivity index (χ0v) is 12.1. The van der Waals surface area contributed by atoms with Gasteiger partial charge in [-0.3, -0.25) is 0 Å². The highest BCUT2D eigenvalue weighted by atomic mass is 35.5. The second-order valence-electron chi connectivity index (χ2n) is 4.22. The van der Waals surface area contributed by atoms with Gasteiger partial charge in [0.25, 0.3) is 0 Å². The molecule has 0 saturated carbocycles. The Bertz CT molecular complexity index is 619. The Morgan fingerprint density at radius 3 is 2.71 bits per heavy atom. The van der Waals surface area contributed by atoms with Gasteiger partial charge in [-0.1, -0.05) is 29.8 Å². The van der Waals surface area contributed by atoms with Crippen molar-refractivity contribution in [2.45, 2.75) is 0 Å². The van der Waals surface area contributed by atoms with Gasteiger partial charge in [0.1, 0.15) is 12.4 Å². The van der Waals surface area contributed by atoms with Gasteiger partial charge in [-0.15, -0.1) is 0 Å². The Balaban J connectivity index is 1.98. The second kappa shape index (κ2) is 7.52. The normalized spacial score (nSPS) is 10.0. The van der Waals surface area contributed by atoms with E-state index in [1.807, 2.05) is 0 Å². The standard InChI is InChI=1S/C15H16ClN3O2/c16-13-6-1-2-7-14(13)19-15(20)18-11-4-3-5-12(10-11)21-9-8-17/h1-7,10H,8-9,17H2,(H2,18,19,20). The van der Waals surface area contributed by atoms with Crippen LogP contribution in [0.1, 0.15) is 0 Å². The molecule has 2 amide bonds. The molecule has 0 unspecified atom stereocenters. The third-order valence-electron chi connectivity index (χ3n) is 2.60. The van der Waals surface area contributed by atoms with Gasteiger partial charge in [0.2, 0.25) is 0 Å². The highest BCUT2D eigenvalue weighted by Crippen LogP contribution is 2.21. The fraction of sp³-hybridized carbons (Fsp3) is 0.133. The van der Waals surface area contributed by atoms with E-state index < -0.39 is 0 Å². The van der Waals surface area contributed by atoms with Crippen molar-refractivity contribution < 1.29 is 9.53 Å². The summed E-state index contributed by atoms with van der Waals surface area (Å²) in [5, 5.41) is 5.87. The average molecular weight is 306 g/mol. The third-order valence-corrected chi connectivity index (χ3v) is 2.93. The van der Waals surface area contributed by atoms with E-state index in [-0.39, 0.29) is 6.03 Å². The molecule has 0 fully saturated rings. The Morgan fingerprint density at radius 2 is 1.95 bits per heavy atom. The summed E-state index contributed by atoms with van der Waals surface area (Å²) >= 11 is 5.98. The largest absolute Gasteiger partial charge is 0.492 e. The second-order valence-corrected chi connectivity index (χ2v) is 4.63. The number of halogens is 1. The van der Waals surface area contributed by atoms with Crippen LogP contribution in [-0.4, -0.2) is 19.2 Å². The number of nitrogens with two attached hydrogens (primary N) is 1. The number of benzene rings is 2. The van der Waals surface area contributed by atoms with Crippen molar-refractivity contribution in [1.82, 2.24) is 0 Å². The molecule has 0 bridgehead atoms. The van der Waals surface area contributed by atoms with E-state index in [9.17, 15) is 4.79 Å². The maximum Gasteiger partial charge on any atom is 0.323 e. The van der Waals surface area contributed by atoms with Gasteiger partial charge in [0.15, 0.2) is 0 Å². The number of rotatable bonds is 5. The van der Waals surface area contributed by atoms with Crippen LogP contribution >= 0.6 is 11.6 Å². The van der Waals surface area contributed by atoms with Crippen molar-refractivity contribution in [2.75, 3.05) is 23.8 Å². The van der Waals surface area contributed by atoms with Crippen LogP contribution in [0.15, 0.2) is 48.5 Å². The lowest BCUT2D eigenvalue weighted by molar-refractivity contribution is 0.262. The number of hydrogen-bond donors (Lipinski definition) is 3. The quantitative estimate of drug-likeness (QED) is 0.793. The van der Waals surface area contributed by atoms with Crippen LogP contribution in [-0.2, 0) is 0 Å². The summed E-state index contributed by atoms with van der Waals surface area (Å²) in [4.78, 5) is 11.9. The van der Waals surface area contributed by atoms with Gasteiger partial charge in [0.05, 0.1) is 10.7 Å². The van der Waals surface area contributed by atoms with Crippen molar-refractivity contribution >= 4 is 29.0 Å². The maximum absolute atomic E-state index is 11.9. The van der Waals surface area contributed by atoms with Crippen molar-refractivity contribution in [3.8, 4) is 5.75 Å². The first kappa shape index (κ1) is 15.2. The van der Waals surface area contributed by atoms with Crippen LogP contribution in [0.25, 0.3) is 0 Å². The van der Waals surface area contributed by atoms with Crippen molar-refractivity contribution in [3.63, 3.8) is 0 Å². The van der Waals surface area contributed by atoms with Crippen molar-refractivity contribution in [2.24, 2.45) is 5.73 Å². The molecule has 2 aromatic carbocycles. The summed E-state index contributed by atoms with van der Waals surface area (Å²) in [7, 11) is 0. The molecule has 2 aromatic rings. The first-order valence-corrected chi connectivity index (χ1v) is 6.82.